The van der Waals surface area contributed by atoms with Crippen molar-refractivity contribution >= 4 is 27.3 Å². The smallest absolute Gasteiger partial charge is 0.237 e. The van der Waals surface area contributed by atoms with Crippen molar-refractivity contribution in [2.45, 2.75) is 70.0 Å². The Hall–Kier alpha value is -1.39. The first-order valence-corrected chi connectivity index (χ1v) is 10.2. The fourth-order valence-corrected chi connectivity index (χ4v) is 5.28. The van der Waals surface area contributed by atoms with Gasteiger partial charge in [-0.1, -0.05) is 50.3 Å². The molecule has 1 aliphatic heterocycles. The maximum absolute atomic E-state index is 12.8. The molecule has 2 aliphatic rings. The van der Waals surface area contributed by atoms with E-state index in [0.29, 0.717) is 6.04 Å². The van der Waals surface area contributed by atoms with E-state index in [2.05, 4.69) is 34.9 Å². The van der Waals surface area contributed by atoms with Crippen LogP contribution >= 0.6 is 11.3 Å². The molecule has 1 aromatic carbocycles. The predicted octanol–water partition coefficient (Wildman–Crippen LogP) is 4.14. The molecule has 0 saturated heterocycles. The third-order valence-corrected chi connectivity index (χ3v) is 6.68. The summed E-state index contributed by atoms with van der Waals surface area (Å²) in [4.78, 5) is 14.2. The molecule has 1 saturated carbocycles. The molecule has 24 heavy (non-hydrogen) atoms. The van der Waals surface area contributed by atoms with Crippen LogP contribution in [-0.4, -0.2) is 18.0 Å². The van der Waals surface area contributed by atoms with Gasteiger partial charge in [-0.2, -0.15) is 0 Å². The van der Waals surface area contributed by atoms with Gasteiger partial charge in [0.25, 0.3) is 0 Å². The summed E-state index contributed by atoms with van der Waals surface area (Å²) in [7, 11) is 0. The predicted molar refractivity (Wildman–Crippen MR) is 100 cm³/mol. The van der Waals surface area contributed by atoms with Gasteiger partial charge in [0.2, 0.25) is 5.91 Å². The van der Waals surface area contributed by atoms with E-state index >= 15 is 0 Å². The highest BCUT2D eigenvalue weighted by Gasteiger charge is 2.28. The highest BCUT2D eigenvalue weighted by atomic mass is 32.1. The van der Waals surface area contributed by atoms with Crippen molar-refractivity contribution in [2.24, 2.45) is 0 Å². The number of carbonyl (C=O) groups excluding carboxylic acids is 1. The molecule has 4 rings (SSSR count). The third-order valence-electron chi connectivity index (χ3n) is 5.47. The molecule has 4 heteroatoms. The average Bonchev–Trinajstić information content (AvgIpc) is 2.95. The van der Waals surface area contributed by atoms with Crippen molar-refractivity contribution in [1.29, 1.82) is 0 Å². The largest absolute Gasteiger partial charge is 0.352 e. The molecule has 3 nitrogen and oxygen atoms in total. The normalized spacial score (nSPS) is 22.6. The second kappa shape index (κ2) is 7.24. The van der Waals surface area contributed by atoms with Crippen LogP contribution < -0.4 is 10.6 Å². The van der Waals surface area contributed by atoms with E-state index in [0.717, 1.165) is 25.8 Å². The Labute approximate surface area is 147 Å². The Morgan fingerprint density at radius 3 is 2.67 bits per heavy atom. The lowest BCUT2D eigenvalue weighted by atomic mass is 9.95. The zero-order valence-corrected chi connectivity index (χ0v) is 15.0. The topological polar surface area (TPSA) is 41.1 Å². The van der Waals surface area contributed by atoms with Crippen LogP contribution in [0.15, 0.2) is 24.3 Å². The molecular formula is C20H26N2OS. The summed E-state index contributed by atoms with van der Waals surface area (Å²) in [6.07, 6.45) is 9.61. The molecule has 2 heterocycles. The number of hydrogen-bond donors (Lipinski definition) is 2. The van der Waals surface area contributed by atoms with E-state index in [9.17, 15) is 4.79 Å². The van der Waals surface area contributed by atoms with Crippen LogP contribution in [0.2, 0.25) is 0 Å². The van der Waals surface area contributed by atoms with Gasteiger partial charge in [-0.15, -0.1) is 11.3 Å². The average molecular weight is 343 g/mol. The molecule has 1 aliphatic carbocycles. The molecule has 1 atom stereocenters. The van der Waals surface area contributed by atoms with Crippen LogP contribution in [0.4, 0.5) is 0 Å². The number of thiophene rings is 1. The second-order valence-corrected chi connectivity index (χ2v) is 8.32. The van der Waals surface area contributed by atoms with Crippen LogP contribution in [0.25, 0.3) is 10.1 Å². The van der Waals surface area contributed by atoms with Crippen molar-refractivity contribution in [3.05, 3.63) is 34.7 Å². The Bertz CT molecular complexity index is 715. The van der Waals surface area contributed by atoms with E-state index in [4.69, 9.17) is 0 Å². The summed E-state index contributed by atoms with van der Waals surface area (Å²) >= 11 is 1.86. The van der Waals surface area contributed by atoms with Gasteiger partial charge in [0.1, 0.15) is 0 Å². The van der Waals surface area contributed by atoms with Gasteiger partial charge in [-0.25, -0.2) is 0 Å². The van der Waals surface area contributed by atoms with E-state index in [1.807, 2.05) is 11.3 Å². The molecule has 0 radical (unpaired) electrons. The van der Waals surface area contributed by atoms with E-state index in [-0.39, 0.29) is 11.9 Å². The molecule has 0 spiro atoms. The Morgan fingerprint density at radius 2 is 1.83 bits per heavy atom. The first-order valence-electron chi connectivity index (χ1n) is 9.34. The molecule has 0 unspecified atom stereocenters. The Balaban J connectivity index is 1.44. The highest BCUT2D eigenvalue weighted by Crippen LogP contribution is 2.34. The van der Waals surface area contributed by atoms with Crippen LogP contribution in [-0.2, 0) is 17.8 Å². The number of carbonyl (C=O) groups is 1. The Morgan fingerprint density at radius 1 is 1.08 bits per heavy atom. The molecule has 1 fully saturated rings. The van der Waals surface area contributed by atoms with Gasteiger partial charge in [0.15, 0.2) is 0 Å². The number of rotatable bonds is 2. The van der Waals surface area contributed by atoms with Crippen molar-refractivity contribution in [1.82, 2.24) is 10.6 Å². The lowest BCUT2D eigenvalue weighted by Gasteiger charge is -2.27. The van der Waals surface area contributed by atoms with Gasteiger partial charge in [-0.3, -0.25) is 4.79 Å². The Kier molecular flexibility index (Phi) is 4.86. The van der Waals surface area contributed by atoms with Crippen LogP contribution in [0, 0.1) is 0 Å². The van der Waals surface area contributed by atoms with Crippen LogP contribution in [0.1, 0.15) is 55.4 Å². The van der Waals surface area contributed by atoms with Crippen molar-refractivity contribution < 1.29 is 4.79 Å². The first kappa shape index (κ1) is 16.1. The molecule has 128 valence electrons. The molecular weight excluding hydrogens is 316 g/mol. The summed E-state index contributed by atoms with van der Waals surface area (Å²) < 4.78 is 1.34. The summed E-state index contributed by atoms with van der Waals surface area (Å²) in [5.74, 6) is 0.196. The van der Waals surface area contributed by atoms with E-state index in [1.165, 1.54) is 52.6 Å². The zero-order chi connectivity index (χ0) is 16.4. The van der Waals surface area contributed by atoms with E-state index in [1.54, 1.807) is 0 Å². The van der Waals surface area contributed by atoms with E-state index < -0.39 is 0 Å². The molecule has 0 bridgehead atoms. The molecule has 1 aromatic heterocycles. The fraction of sp³-hybridized carbons (Fsp3) is 0.550. The van der Waals surface area contributed by atoms with Gasteiger partial charge < -0.3 is 10.6 Å². The summed E-state index contributed by atoms with van der Waals surface area (Å²) in [5.41, 5.74) is 1.38. The number of benzene rings is 1. The van der Waals surface area contributed by atoms with Gasteiger partial charge in [-0.05, 0) is 36.3 Å². The maximum atomic E-state index is 12.8. The SMILES string of the molecule is O=C(NC1CCCCCCC1)[C@H]1Cc2c(sc3ccccc23)CN1. The van der Waals surface area contributed by atoms with Crippen molar-refractivity contribution in [3.63, 3.8) is 0 Å². The molecule has 1 amide bonds. The lowest BCUT2D eigenvalue weighted by molar-refractivity contribution is -0.124. The maximum Gasteiger partial charge on any atom is 0.237 e. The molecule has 2 N–H and O–H groups in total. The lowest BCUT2D eigenvalue weighted by Crippen LogP contribution is -2.50. The monoisotopic (exact) mass is 342 g/mol. The van der Waals surface area contributed by atoms with Crippen molar-refractivity contribution in [3.8, 4) is 0 Å². The van der Waals surface area contributed by atoms with Gasteiger partial charge in [0.05, 0.1) is 6.04 Å². The minimum atomic E-state index is -0.0825. The fourth-order valence-electron chi connectivity index (χ4n) is 4.10. The standard InChI is InChI=1S/C20H26N2OS/c23-20(22-14-8-4-2-1-3-5-9-14)17-12-16-15-10-6-7-11-18(15)24-19(16)13-21-17/h6-7,10-11,14,17,21H,1-5,8-9,12-13H2,(H,22,23)/t17-/m1/s1. The highest BCUT2D eigenvalue weighted by molar-refractivity contribution is 7.19. The number of hydrogen-bond acceptors (Lipinski definition) is 3. The summed E-state index contributed by atoms with van der Waals surface area (Å²) in [6.45, 7) is 0.817. The van der Waals surface area contributed by atoms with Gasteiger partial charge in [0, 0.05) is 22.2 Å². The second-order valence-electron chi connectivity index (χ2n) is 7.19. The zero-order valence-electron chi connectivity index (χ0n) is 14.1. The molecule has 2 aromatic rings. The minimum Gasteiger partial charge on any atom is -0.352 e. The van der Waals surface area contributed by atoms with Gasteiger partial charge >= 0.3 is 0 Å². The summed E-state index contributed by atoms with van der Waals surface area (Å²) in [5, 5.41) is 8.12. The minimum absolute atomic E-state index is 0.0825. The quantitative estimate of drug-likeness (QED) is 0.861. The van der Waals surface area contributed by atoms with Crippen LogP contribution in [0.3, 0.4) is 0 Å². The summed E-state index contributed by atoms with van der Waals surface area (Å²) in [6, 6.07) is 8.86. The van der Waals surface area contributed by atoms with Crippen molar-refractivity contribution in [2.75, 3.05) is 0 Å². The first-order chi connectivity index (χ1) is 11.8. The number of nitrogens with one attached hydrogen (secondary N) is 2. The third kappa shape index (κ3) is 3.35. The number of fused-ring (bicyclic) bond motifs is 3. The number of amides is 1. The van der Waals surface area contributed by atoms with Crippen LogP contribution in [0.5, 0.6) is 0 Å².